The molecule has 23 heavy (non-hydrogen) atoms. The quantitative estimate of drug-likeness (QED) is 0.817. The van der Waals surface area contributed by atoms with E-state index >= 15 is 0 Å². The highest BCUT2D eigenvalue weighted by Crippen LogP contribution is 2.23. The number of amides is 4. The highest BCUT2D eigenvalue weighted by molar-refractivity contribution is 6.10. The van der Waals surface area contributed by atoms with Gasteiger partial charge in [-0.25, -0.2) is 4.79 Å². The number of urea groups is 1. The summed E-state index contributed by atoms with van der Waals surface area (Å²) in [6.45, 7) is 7.13. The lowest BCUT2D eigenvalue weighted by Gasteiger charge is -2.19. The molecule has 0 radical (unpaired) electrons. The van der Waals surface area contributed by atoms with Crippen LogP contribution >= 0.6 is 0 Å². The van der Waals surface area contributed by atoms with Crippen LogP contribution in [0, 0.1) is 6.92 Å². The van der Waals surface area contributed by atoms with Crippen LogP contribution in [0.4, 0.5) is 10.5 Å². The Balaban J connectivity index is 2.12. The number of para-hydroxylation sites is 1. The van der Waals surface area contributed by atoms with Gasteiger partial charge in [0.2, 0.25) is 5.91 Å². The first-order valence-corrected chi connectivity index (χ1v) is 7.84. The van der Waals surface area contributed by atoms with Gasteiger partial charge in [-0.1, -0.05) is 32.0 Å². The maximum absolute atomic E-state index is 12.3. The Kier molecular flexibility index (Phi) is 4.73. The van der Waals surface area contributed by atoms with Gasteiger partial charge in [0, 0.05) is 5.69 Å². The van der Waals surface area contributed by atoms with E-state index in [1.54, 1.807) is 6.92 Å². The third-order valence-corrected chi connectivity index (χ3v) is 4.36. The van der Waals surface area contributed by atoms with E-state index in [4.69, 9.17) is 0 Å². The molecule has 1 aromatic rings. The maximum Gasteiger partial charge on any atom is 0.325 e. The largest absolute Gasteiger partial charge is 0.325 e. The average Bonchev–Trinajstić information content (AvgIpc) is 2.73. The molecule has 0 aliphatic carbocycles. The van der Waals surface area contributed by atoms with E-state index in [2.05, 4.69) is 10.6 Å². The normalized spacial score (nSPS) is 20.6. The van der Waals surface area contributed by atoms with Crippen LogP contribution in [0.2, 0.25) is 0 Å². The Morgan fingerprint density at radius 2 is 2.00 bits per heavy atom. The molecule has 1 aliphatic rings. The van der Waals surface area contributed by atoms with E-state index in [0.29, 0.717) is 6.42 Å². The summed E-state index contributed by atoms with van der Waals surface area (Å²) >= 11 is 0. The second-order valence-electron chi connectivity index (χ2n) is 6.02. The smallest absolute Gasteiger partial charge is 0.324 e. The number of nitrogens with one attached hydrogen (secondary N) is 2. The lowest BCUT2D eigenvalue weighted by atomic mass is 9.99. The second-order valence-corrected chi connectivity index (χ2v) is 6.02. The van der Waals surface area contributed by atoms with Crippen LogP contribution in [0.3, 0.4) is 0 Å². The van der Waals surface area contributed by atoms with Crippen molar-refractivity contribution in [2.75, 3.05) is 11.9 Å². The van der Waals surface area contributed by atoms with Crippen molar-refractivity contribution in [2.24, 2.45) is 0 Å². The first-order chi connectivity index (χ1) is 10.8. The first-order valence-electron chi connectivity index (χ1n) is 7.84. The zero-order valence-corrected chi connectivity index (χ0v) is 14.0. The maximum atomic E-state index is 12.3. The zero-order valence-electron chi connectivity index (χ0n) is 14.0. The van der Waals surface area contributed by atoms with Crippen molar-refractivity contribution in [3.05, 3.63) is 29.3 Å². The molecule has 1 aliphatic heterocycles. The molecule has 1 aromatic carbocycles. The molecule has 0 unspecified atom stereocenters. The number of anilines is 1. The summed E-state index contributed by atoms with van der Waals surface area (Å²) in [4.78, 5) is 37.5. The van der Waals surface area contributed by atoms with Gasteiger partial charge >= 0.3 is 6.03 Å². The standard InChI is InChI=1S/C17H23N3O3/c1-5-12-9-7-8-11(3)14(12)18-13(21)10-20-15(22)17(4,6-2)19-16(20)23/h7-9H,5-6,10H2,1-4H3,(H,18,21)(H,19,23)/t17-/m1/s1. The van der Waals surface area contributed by atoms with Crippen LogP contribution in [0.25, 0.3) is 0 Å². The number of hydrogen-bond acceptors (Lipinski definition) is 3. The van der Waals surface area contributed by atoms with E-state index in [1.165, 1.54) is 0 Å². The molecule has 1 saturated heterocycles. The molecule has 1 fully saturated rings. The molecule has 4 amide bonds. The molecule has 0 bridgehead atoms. The van der Waals surface area contributed by atoms with Gasteiger partial charge in [0.05, 0.1) is 0 Å². The fraction of sp³-hybridized carbons (Fsp3) is 0.471. The predicted molar refractivity (Wildman–Crippen MR) is 88.1 cm³/mol. The van der Waals surface area contributed by atoms with Crippen LogP contribution in [0.15, 0.2) is 18.2 Å². The number of nitrogens with zero attached hydrogens (tertiary/aromatic N) is 1. The summed E-state index contributed by atoms with van der Waals surface area (Å²) in [5.74, 6) is -0.737. The molecule has 6 nitrogen and oxygen atoms in total. The predicted octanol–water partition coefficient (Wildman–Crippen LogP) is 2.22. The van der Waals surface area contributed by atoms with Crippen molar-refractivity contribution >= 4 is 23.5 Å². The Bertz CT molecular complexity index is 656. The molecule has 0 aromatic heterocycles. The van der Waals surface area contributed by atoms with Gasteiger partial charge in [0.1, 0.15) is 12.1 Å². The van der Waals surface area contributed by atoms with Crippen molar-refractivity contribution in [2.45, 2.75) is 46.1 Å². The van der Waals surface area contributed by atoms with Crippen molar-refractivity contribution in [1.82, 2.24) is 10.2 Å². The summed E-state index contributed by atoms with van der Waals surface area (Å²) < 4.78 is 0. The fourth-order valence-corrected chi connectivity index (χ4v) is 2.65. The molecule has 6 heteroatoms. The van der Waals surface area contributed by atoms with Crippen molar-refractivity contribution in [1.29, 1.82) is 0 Å². The number of rotatable bonds is 5. The Morgan fingerprint density at radius 1 is 1.30 bits per heavy atom. The van der Waals surface area contributed by atoms with E-state index < -0.39 is 11.6 Å². The van der Waals surface area contributed by atoms with E-state index in [-0.39, 0.29) is 18.4 Å². The SMILES string of the molecule is CCc1cccc(C)c1NC(=O)CN1C(=O)N[C@](C)(CC)C1=O. The van der Waals surface area contributed by atoms with Gasteiger partial charge in [-0.15, -0.1) is 0 Å². The van der Waals surface area contributed by atoms with Gasteiger partial charge in [0.25, 0.3) is 5.91 Å². The van der Waals surface area contributed by atoms with Crippen molar-refractivity contribution < 1.29 is 14.4 Å². The third-order valence-electron chi connectivity index (χ3n) is 4.36. The average molecular weight is 317 g/mol. The van der Waals surface area contributed by atoms with Crippen LogP contribution in [0.5, 0.6) is 0 Å². The van der Waals surface area contributed by atoms with E-state index in [9.17, 15) is 14.4 Å². The summed E-state index contributed by atoms with van der Waals surface area (Å²) in [7, 11) is 0. The van der Waals surface area contributed by atoms with Crippen LogP contribution in [0.1, 0.15) is 38.3 Å². The first kappa shape index (κ1) is 17.0. The highest BCUT2D eigenvalue weighted by Gasteiger charge is 2.46. The summed E-state index contributed by atoms with van der Waals surface area (Å²) in [5, 5.41) is 5.47. The highest BCUT2D eigenvalue weighted by atomic mass is 16.2. The Morgan fingerprint density at radius 3 is 2.57 bits per heavy atom. The number of benzene rings is 1. The summed E-state index contributed by atoms with van der Waals surface area (Å²) in [6.07, 6.45) is 1.27. The van der Waals surface area contributed by atoms with Crippen LogP contribution < -0.4 is 10.6 Å². The molecule has 124 valence electrons. The summed E-state index contributed by atoms with van der Waals surface area (Å²) in [6, 6.07) is 5.28. The third kappa shape index (κ3) is 3.21. The van der Waals surface area contributed by atoms with E-state index in [1.807, 2.05) is 39.0 Å². The molecule has 1 atom stereocenters. The topological polar surface area (TPSA) is 78.5 Å². The minimum Gasteiger partial charge on any atom is -0.324 e. The fourth-order valence-electron chi connectivity index (χ4n) is 2.65. The molecule has 0 spiro atoms. The van der Waals surface area contributed by atoms with Crippen molar-refractivity contribution in [3.8, 4) is 0 Å². The second kappa shape index (κ2) is 6.40. The minimum atomic E-state index is -0.922. The van der Waals surface area contributed by atoms with Gasteiger partial charge < -0.3 is 10.6 Å². The Labute approximate surface area is 136 Å². The minimum absolute atomic E-state index is 0.280. The number of aryl methyl sites for hydroxylation is 2. The van der Waals surface area contributed by atoms with Gasteiger partial charge in [-0.2, -0.15) is 0 Å². The molecule has 2 rings (SSSR count). The van der Waals surface area contributed by atoms with Gasteiger partial charge in [-0.3, -0.25) is 14.5 Å². The molecular formula is C17H23N3O3. The van der Waals surface area contributed by atoms with Gasteiger partial charge in [0.15, 0.2) is 0 Å². The Hall–Kier alpha value is -2.37. The van der Waals surface area contributed by atoms with Crippen molar-refractivity contribution in [3.63, 3.8) is 0 Å². The monoisotopic (exact) mass is 317 g/mol. The summed E-state index contributed by atoms with van der Waals surface area (Å²) in [5.41, 5.74) is 1.81. The lowest BCUT2D eigenvalue weighted by Crippen LogP contribution is -2.44. The molecular weight excluding hydrogens is 294 g/mol. The zero-order chi connectivity index (χ0) is 17.2. The number of hydrogen-bond donors (Lipinski definition) is 2. The van der Waals surface area contributed by atoms with E-state index in [0.717, 1.165) is 28.1 Å². The molecule has 0 saturated carbocycles. The van der Waals surface area contributed by atoms with Crippen LogP contribution in [-0.2, 0) is 16.0 Å². The molecule has 2 N–H and O–H groups in total. The van der Waals surface area contributed by atoms with Gasteiger partial charge in [-0.05, 0) is 37.8 Å². The molecule has 1 heterocycles. The number of carbonyl (C=O) groups excluding carboxylic acids is 3. The lowest BCUT2D eigenvalue weighted by molar-refractivity contribution is -0.133. The number of imide groups is 1. The number of carbonyl (C=O) groups is 3. The van der Waals surface area contributed by atoms with Crippen LogP contribution in [-0.4, -0.2) is 34.8 Å².